The highest BCUT2D eigenvalue weighted by molar-refractivity contribution is 5.17. The zero-order chi connectivity index (χ0) is 17.2. The van der Waals surface area contributed by atoms with E-state index in [0.717, 1.165) is 30.7 Å². The number of halogens is 2. The van der Waals surface area contributed by atoms with Crippen LogP contribution in [0.3, 0.4) is 0 Å². The molecule has 0 N–H and O–H groups in total. The molecule has 1 nitrogen and oxygen atoms in total. The summed E-state index contributed by atoms with van der Waals surface area (Å²) in [5.41, 5.74) is 0.883. The monoisotopic (exact) mass is 329 g/mol. The third kappa shape index (κ3) is 6.28. The van der Waals surface area contributed by atoms with E-state index in [1.807, 2.05) is 12.1 Å². The molecular formula is C21H25F2N. The molecule has 0 bridgehead atoms. The lowest BCUT2D eigenvalue weighted by Crippen LogP contribution is -2.13. The molecule has 128 valence electrons. The highest BCUT2D eigenvalue weighted by Gasteiger charge is 2.18. The molecule has 0 spiro atoms. The summed E-state index contributed by atoms with van der Waals surface area (Å²) in [5, 5.41) is 8.43. The number of aryl methyl sites for hydroxylation is 1. The smallest absolute Gasteiger partial charge is 0.159 e. The Labute approximate surface area is 143 Å². The van der Waals surface area contributed by atoms with E-state index in [0.29, 0.717) is 5.92 Å². The second kappa shape index (κ2) is 10.0. The average Bonchev–Trinajstić information content (AvgIpc) is 2.60. The van der Waals surface area contributed by atoms with Crippen LogP contribution in [0.2, 0.25) is 0 Å². The predicted octanol–water partition coefficient (Wildman–Crippen LogP) is 6.12. The van der Waals surface area contributed by atoms with Gasteiger partial charge in [-0.3, -0.25) is 0 Å². The van der Waals surface area contributed by atoms with Gasteiger partial charge in [0.1, 0.15) is 0 Å². The molecule has 1 aromatic rings. The number of nitrogens with zero attached hydrogens (tertiary/aromatic N) is 1. The highest BCUT2D eigenvalue weighted by Crippen LogP contribution is 2.32. The minimum Gasteiger partial charge on any atom is -0.204 e. The fraction of sp³-hybridized carbons (Fsp3) is 0.476. The van der Waals surface area contributed by atoms with Gasteiger partial charge in [0, 0.05) is 6.08 Å². The summed E-state index contributed by atoms with van der Waals surface area (Å²) in [7, 11) is 0. The summed E-state index contributed by atoms with van der Waals surface area (Å²) in [4.78, 5) is 0. The number of nitriles is 1. The van der Waals surface area contributed by atoms with Crippen molar-refractivity contribution in [3.05, 3.63) is 59.7 Å². The van der Waals surface area contributed by atoms with Crippen molar-refractivity contribution in [2.24, 2.45) is 11.8 Å². The van der Waals surface area contributed by atoms with Crippen molar-refractivity contribution in [3.63, 3.8) is 0 Å². The number of rotatable bonds is 7. The van der Waals surface area contributed by atoms with E-state index in [-0.39, 0.29) is 0 Å². The summed E-state index contributed by atoms with van der Waals surface area (Å²) in [5.74, 6) is -0.0720. The summed E-state index contributed by atoms with van der Waals surface area (Å²) < 4.78 is 26.0. The molecule has 1 fully saturated rings. The fourth-order valence-electron chi connectivity index (χ4n) is 3.45. The van der Waals surface area contributed by atoms with Gasteiger partial charge in [-0.25, -0.2) is 8.78 Å². The number of allylic oxidation sites excluding steroid dienone is 4. The van der Waals surface area contributed by atoms with Crippen molar-refractivity contribution >= 4 is 0 Å². The van der Waals surface area contributed by atoms with Crippen LogP contribution in [-0.2, 0) is 6.42 Å². The van der Waals surface area contributed by atoms with Crippen LogP contribution in [0.25, 0.3) is 0 Å². The van der Waals surface area contributed by atoms with Gasteiger partial charge in [-0.05, 0) is 68.1 Å². The van der Waals surface area contributed by atoms with E-state index < -0.39 is 11.6 Å². The predicted molar refractivity (Wildman–Crippen MR) is 93.3 cm³/mol. The summed E-state index contributed by atoms with van der Waals surface area (Å²) in [6, 6.07) is 6.19. The maximum atomic E-state index is 13.1. The number of unbranched alkanes of at least 4 members (excludes halogenated alkanes) is 1. The summed E-state index contributed by atoms with van der Waals surface area (Å²) in [6.07, 6.45) is 16.7. The first-order chi connectivity index (χ1) is 11.7. The van der Waals surface area contributed by atoms with Gasteiger partial charge in [-0.2, -0.15) is 5.26 Å². The van der Waals surface area contributed by atoms with Crippen LogP contribution >= 0.6 is 0 Å². The Morgan fingerprint density at radius 2 is 1.83 bits per heavy atom. The first-order valence-electron chi connectivity index (χ1n) is 8.86. The molecule has 0 unspecified atom stereocenters. The van der Waals surface area contributed by atoms with Crippen LogP contribution < -0.4 is 0 Å². The van der Waals surface area contributed by atoms with Gasteiger partial charge in [0.05, 0.1) is 6.07 Å². The van der Waals surface area contributed by atoms with E-state index in [9.17, 15) is 8.78 Å². The van der Waals surface area contributed by atoms with Gasteiger partial charge in [-0.15, -0.1) is 0 Å². The van der Waals surface area contributed by atoms with Gasteiger partial charge in [0.15, 0.2) is 11.6 Å². The van der Waals surface area contributed by atoms with Crippen LogP contribution in [0.15, 0.2) is 42.5 Å². The minimum atomic E-state index is -0.771. The van der Waals surface area contributed by atoms with E-state index >= 15 is 0 Å². The zero-order valence-electron chi connectivity index (χ0n) is 14.1. The van der Waals surface area contributed by atoms with Crippen molar-refractivity contribution in [2.45, 2.75) is 51.4 Å². The molecule has 0 radical (unpaired) electrons. The van der Waals surface area contributed by atoms with Gasteiger partial charge in [0.2, 0.25) is 0 Å². The topological polar surface area (TPSA) is 23.8 Å². The van der Waals surface area contributed by atoms with Gasteiger partial charge in [-0.1, -0.05) is 37.1 Å². The average molecular weight is 329 g/mol. The Morgan fingerprint density at radius 3 is 2.54 bits per heavy atom. The van der Waals surface area contributed by atoms with Crippen LogP contribution in [0.5, 0.6) is 0 Å². The Bertz CT molecular complexity index is 605. The van der Waals surface area contributed by atoms with Crippen LogP contribution in [0.1, 0.15) is 50.5 Å². The Hall–Kier alpha value is -1.95. The van der Waals surface area contributed by atoms with Crippen LogP contribution in [0.4, 0.5) is 8.78 Å². The van der Waals surface area contributed by atoms with Crippen LogP contribution in [-0.4, -0.2) is 0 Å². The molecule has 2 rings (SSSR count). The molecule has 0 heterocycles. The van der Waals surface area contributed by atoms with Crippen molar-refractivity contribution in [3.8, 4) is 6.07 Å². The third-order valence-electron chi connectivity index (χ3n) is 4.87. The van der Waals surface area contributed by atoms with Crippen molar-refractivity contribution in [1.82, 2.24) is 0 Å². The lowest BCUT2D eigenvalue weighted by molar-refractivity contribution is 0.289. The van der Waals surface area contributed by atoms with Gasteiger partial charge < -0.3 is 0 Å². The zero-order valence-corrected chi connectivity index (χ0v) is 14.1. The van der Waals surface area contributed by atoms with E-state index in [4.69, 9.17) is 5.26 Å². The molecule has 0 amide bonds. The second-order valence-electron chi connectivity index (χ2n) is 6.65. The fourth-order valence-corrected chi connectivity index (χ4v) is 3.45. The quantitative estimate of drug-likeness (QED) is 0.336. The molecule has 1 aliphatic rings. The molecule has 1 aliphatic carbocycles. The minimum absolute atomic E-state index is 0.645. The molecule has 24 heavy (non-hydrogen) atoms. The van der Waals surface area contributed by atoms with Crippen molar-refractivity contribution in [1.29, 1.82) is 5.26 Å². The Balaban J connectivity index is 1.61. The van der Waals surface area contributed by atoms with E-state index in [1.54, 1.807) is 12.1 Å². The molecule has 0 aromatic heterocycles. The standard InChI is InChI=1S/C21H25F2N/c22-20-14-13-19(16-21(20)23)8-4-3-7-18-11-9-17(10-12-18)6-2-1-5-15-24/h1-2,5-6,13-14,16-18H,3-4,7-12H2. The summed E-state index contributed by atoms with van der Waals surface area (Å²) >= 11 is 0. The largest absolute Gasteiger partial charge is 0.204 e. The molecule has 0 atom stereocenters. The molecule has 3 heteroatoms. The number of hydrogen-bond acceptors (Lipinski definition) is 1. The van der Waals surface area contributed by atoms with Gasteiger partial charge >= 0.3 is 0 Å². The maximum absolute atomic E-state index is 13.1. The van der Waals surface area contributed by atoms with Gasteiger partial charge in [0.25, 0.3) is 0 Å². The Kier molecular flexibility index (Phi) is 7.68. The highest BCUT2D eigenvalue weighted by atomic mass is 19.2. The molecule has 1 aromatic carbocycles. The molecule has 0 aliphatic heterocycles. The van der Waals surface area contributed by atoms with Crippen molar-refractivity contribution in [2.75, 3.05) is 0 Å². The first kappa shape index (κ1) is 18.4. The molecular weight excluding hydrogens is 304 g/mol. The molecule has 1 saturated carbocycles. The Morgan fingerprint density at radius 1 is 1.04 bits per heavy atom. The number of benzene rings is 1. The van der Waals surface area contributed by atoms with E-state index in [2.05, 4.69) is 6.08 Å². The maximum Gasteiger partial charge on any atom is 0.159 e. The SMILES string of the molecule is N#CC=CC=CC1CCC(CCCCc2ccc(F)c(F)c2)CC1. The normalized spacial score (nSPS) is 21.4. The second-order valence-corrected chi connectivity index (χ2v) is 6.65. The summed E-state index contributed by atoms with van der Waals surface area (Å²) in [6.45, 7) is 0. The first-order valence-corrected chi connectivity index (χ1v) is 8.86. The van der Waals surface area contributed by atoms with Crippen LogP contribution in [0, 0.1) is 34.8 Å². The lowest BCUT2D eigenvalue weighted by atomic mass is 9.79. The van der Waals surface area contributed by atoms with Crippen molar-refractivity contribution < 1.29 is 8.78 Å². The molecule has 0 saturated heterocycles. The lowest BCUT2D eigenvalue weighted by Gasteiger charge is -2.26. The van der Waals surface area contributed by atoms with E-state index in [1.165, 1.54) is 50.3 Å². The third-order valence-corrected chi connectivity index (χ3v) is 4.87. The number of hydrogen-bond donors (Lipinski definition) is 0.